The summed E-state index contributed by atoms with van der Waals surface area (Å²) < 4.78 is 0. The standard InChI is InChI=1S/C9H7NO4S/c1-2-5-4(3-11)10-7(12)6(9(13)14)8(10)15-5/h2-3,6,8H,1H2,(H,13,14). The van der Waals surface area contributed by atoms with Crippen molar-refractivity contribution in [1.29, 1.82) is 0 Å². The van der Waals surface area contributed by atoms with Crippen molar-refractivity contribution < 1.29 is 19.5 Å². The minimum Gasteiger partial charge on any atom is -0.481 e. The Labute approximate surface area is 89.4 Å². The van der Waals surface area contributed by atoms with Crippen LogP contribution in [0.1, 0.15) is 0 Å². The second-order valence-electron chi connectivity index (χ2n) is 3.10. The number of carbonyl (C=O) groups is 3. The molecule has 1 N–H and O–H groups in total. The normalized spacial score (nSPS) is 28.5. The molecule has 2 heterocycles. The minimum atomic E-state index is -1.15. The Kier molecular flexibility index (Phi) is 2.15. The summed E-state index contributed by atoms with van der Waals surface area (Å²) in [6, 6.07) is 0. The minimum absolute atomic E-state index is 0.225. The molecule has 0 aromatic carbocycles. The van der Waals surface area contributed by atoms with Crippen molar-refractivity contribution in [3.8, 4) is 0 Å². The lowest BCUT2D eigenvalue weighted by molar-refractivity contribution is -0.161. The predicted molar refractivity (Wildman–Crippen MR) is 52.6 cm³/mol. The molecule has 15 heavy (non-hydrogen) atoms. The third kappa shape index (κ3) is 1.14. The molecule has 2 rings (SSSR count). The summed E-state index contributed by atoms with van der Waals surface area (Å²) in [6.45, 7) is 3.51. The lowest BCUT2D eigenvalue weighted by atomic mass is 9.98. The van der Waals surface area contributed by atoms with Gasteiger partial charge in [0, 0.05) is 4.91 Å². The highest BCUT2D eigenvalue weighted by molar-refractivity contribution is 8.04. The molecule has 6 heteroatoms. The van der Waals surface area contributed by atoms with E-state index in [2.05, 4.69) is 6.58 Å². The number of carboxylic acid groups (broad SMARTS) is 1. The van der Waals surface area contributed by atoms with Gasteiger partial charge >= 0.3 is 5.97 Å². The van der Waals surface area contributed by atoms with E-state index < -0.39 is 23.2 Å². The SMILES string of the molecule is C=CC1=C(C=O)N2C(=O)C(C(=O)O)C2S1. The van der Waals surface area contributed by atoms with Crippen molar-refractivity contribution in [3.63, 3.8) is 0 Å². The summed E-state index contributed by atoms with van der Waals surface area (Å²) in [5.41, 5.74) is 0.225. The van der Waals surface area contributed by atoms with Gasteiger partial charge in [0.25, 0.3) is 0 Å². The molecular formula is C9H7NO4S. The monoisotopic (exact) mass is 225 g/mol. The first-order chi connectivity index (χ1) is 7.11. The molecule has 2 unspecified atom stereocenters. The van der Waals surface area contributed by atoms with Crippen molar-refractivity contribution in [1.82, 2.24) is 4.90 Å². The number of thioether (sulfide) groups is 1. The first-order valence-electron chi connectivity index (χ1n) is 4.16. The largest absolute Gasteiger partial charge is 0.481 e. The highest BCUT2D eigenvalue weighted by Crippen LogP contribution is 2.48. The average Bonchev–Trinajstić information content (AvgIpc) is 2.50. The number of nitrogens with zero attached hydrogens (tertiary/aromatic N) is 1. The second kappa shape index (κ2) is 3.23. The number of β-lactam (4-membered cyclic amide) rings is 1. The first kappa shape index (κ1) is 9.97. The number of carboxylic acids is 1. The van der Waals surface area contributed by atoms with E-state index in [4.69, 9.17) is 5.11 Å². The maximum Gasteiger partial charge on any atom is 0.319 e. The Hall–Kier alpha value is -1.56. The maximum atomic E-state index is 11.4. The number of hydrogen-bond acceptors (Lipinski definition) is 4. The summed E-state index contributed by atoms with van der Waals surface area (Å²) in [5.74, 6) is -2.72. The number of fused-ring (bicyclic) bond motifs is 1. The maximum absolute atomic E-state index is 11.4. The van der Waals surface area contributed by atoms with E-state index in [0.717, 1.165) is 0 Å². The van der Waals surface area contributed by atoms with Crippen molar-refractivity contribution >= 4 is 29.9 Å². The van der Waals surface area contributed by atoms with Crippen LogP contribution in [0.2, 0.25) is 0 Å². The zero-order valence-corrected chi connectivity index (χ0v) is 8.36. The lowest BCUT2D eigenvalue weighted by Gasteiger charge is -2.39. The topological polar surface area (TPSA) is 74.7 Å². The number of amides is 1. The van der Waals surface area contributed by atoms with E-state index in [1.807, 2.05) is 0 Å². The van der Waals surface area contributed by atoms with Gasteiger partial charge in [-0.1, -0.05) is 24.4 Å². The molecular weight excluding hydrogens is 218 g/mol. The molecule has 0 aliphatic carbocycles. The van der Waals surface area contributed by atoms with E-state index in [1.165, 1.54) is 22.7 Å². The van der Waals surface area contributed by atoms with Gasteiger partial charge in [0.05, 0.1) is 5.70 Å². The van der Waals surface area contributed by atoms with Crippen LogP contribution < -0.4 is 0 Å². The summed E-state index contributed by atoms with van der Waals surface area (Å²) in [5, 5.41) is 8.29. The van der Waals surface area contributed by atoms with Gasteiger partial charge < -0.3 is 5.11 Å². The molecule has 5 nitrogen and oxygen atoms in total. The fourth-order valence-corrected chi connectivity index (χ4v) is 2.96. The molecule has 78 valence electrons. The summed E-state index contributed by atoms with van der Waals surface area (Å²) in [7, 11) is 0. The number of carbonyl (C=O) groups excluding carboxylic acids is 2. The molecule has 0 aromatic heterocycles. The van der Waals surface area contributed by atoms with Gasteiger partial charge in [-0.25, -0.2) is 0 Å². The number of allylic oxidation sites excluding steroid dienone is 2. The Balaban J connectivity index is 2.32. The van der Waals surface area contributed by atoms with Crippen LogP contribution in [0.3, 0.4) is 0 Å². The molecule has 0 radical (unpaired) electrons. The molecule has 0 spiro atoms. The summed E-state index contributed by atoms with van der Waals surface area (Å²) in [4.78, 5) is 34.7. The van der Waals surface area contributed by atoms with Gasteiger partial charge in [0.2, 0.25) is 5.91 Å². The highest BCUT2D eigenvalue weighted by Gasteiger charge is 2.57. The van der Waals surface area contributed by atoms with E-state index in [1.54, 1.807) is 0 Å². The third-order valence-electron chi connectivity index (χ3n) is 2.37. The smallest absolute Gasteiger partial charge is 0.319 e. The van der Waals surface area contributed by atoms with Gasteiger partial charge in [-0.05, 0) is 0 Å². The van der Waals surface area contributed by atoms with E-state index in [0.29, 0.717) is 11.2 Å². The van der Waals surface area contributed by atoms with E-state index in [9.17, 15) is 14.4 Å². The zero-order chi connectivity index (χ0) is 11.2. The fourth-order valence-electron chi connectivity index (χ4n) is 1.65. The van der Waals surface area contributed by atoms with Gasteiger partial charge in [0.1, 0.15) is 5.37 Å². The molecule has 0 bridgehead atoms. The molecule has 2 aliphatic heterocycles. The van der Waals surface area contributed by atoms with Crippen LogP contribution in [-0.4, -0.2) is 33.5 Å². The Morgan fingerprint density at radius 1 is 1.60 bits per heavy atom. The lowest BCUT2D eigenvalue weighted by Crippen LogP contribution is -2.59. The zero-order valence-electron chi connectivity index (χ0n) is 7.54. The molecule has 2 aliphatic rings. The van der Waals surface area contributed by atoms with Crippen molar-refractivity contribution in [2.24, 2.45) is 5.92 Å². The molecule has 0 aromatic rings. The highest BCUT2D eigenvalue weighted by atomic mass is 32.2. The third-order valence-corrected chi connectivity index (χ3v) is 3.72. The molecule has 1 fully saturated rings. The number of aliphatic carboxylic acids is 1. The van der Waals surface area contributed by atoms with E-state index >= 15 is 0 Å². The van der Waals surface area contributed by atoms with Crippen LogP contribution in [0.15, 0.2) is 23.3 Å². The van der Waals surface area contributed by atoms with Crippen LogP contribution in [0.5, 0.6) is 0 Å². The number of rotatable bonds is 3. The number of aldehydes is 1. The molecule has 0 saturated carbocycles. The number of hydrogen-bond donors (Lipinski definition) is 1. The van der Waals surface area contributed by atoms with Gasteiger partial charge in [0.15, 0.2) is 12.2 Å². The van der Waals surface area contributed by atoms with Crippen LogP contribution in [-0.2, 0) is 14.4 Å². The Bertz CT molecular complexity index is 414. The van der Waals surface area contributed by atoms with Gasteiger partial charge in [-0.2, -0.15) is 0 Å². The van der Waals surface area contributed by atoms with Crippen molar-refractivity contribution in [2.75, 3.05) is 0 Å². The van der Waals surface area contributed by atoms with Crippen LogP contribution >= 0.6 is 11.8 Å². The van der Waals surface area contributed by atoms with Crippen LogP contribution in [0.25, 0.3) is 0 Å². The van der Waals surface area contributed by atoms with E-state index in [-0.39, 0.29) is 5.70 Å². The fraction of sp³-hybridized carbons (Fsp3) is 0.222. The van der Waals surface area contributed by atoms with Crippen LogP contribution in [0.4, 0.5) is 0 Å². The molecule has 2 atom stereocenters. The van der Waals surface area contributed by atoms with Crippen molar-refractivity contribution in [2.45, 2.75) is 5.37 Å². The Morgan fingerprint density at radius 3 is 2.73 bits per heavy atom. The van der Waals surface area contributed by atoms with Crippen molar-refractivity contribution in [3.05, 3.63) is 23.3 Å². The second-order valence-corrected chi connectivity index (χ2v) is 4.26. The first-order valence-corrected chi connectivity index (χ1v) is 5.04. The van der Waals surface area contributed by atoms with Gasteiger partial charge in [-0.3, -0.25) is 19.3 Å². The quantitative estimate of drug-likeness (QED) is 0.422. The van der Waals surface area contributed by atoms with Crippen LogP contribution in [0, 0.1) is 5.92 Å². The Morgan fingerprint density at radius 2 is 2.27 bits per heavy atom. The summed E-state index contributed by atoms with van der Waals surface area (Å²) >= 11 is 1.19. The summed E-state index contributed by atoms with van der Waals surface area (Å²) in [6.07, 6.45) is 2.01. The molecule has 1 amide bonds. The predicted octanol–water partition coefficient (Wildman–Crippen LogP) is 0.199. The average molecular weight is 225 g/mol. The van der Waals surface area contributed by atoms with Gasteiger partial charge in [-0.15, -0.1) is 0 Å². The molecule has 1 saturated heterocycles.